The van der Waals surface area contributed by atoms with Crippen molar-refractivity contribution in [3.05, 3.63) is 12.7 Å². The van der Waals surface area contributed by atoms with Crippen LogP contribution in [0.25, 0.3) is 0 Å². The predicted octanol–water partition coefficient (Wildman–Crippen LogP) is 3.45. The average molecular weight is 332 g/mol. The largest absolute Gasteiger partial charge is 0.444 e. The molecule has 0 radical (unpaired) electrons. The first-order chi connectivity index (χ1) is 9.73. The van der Waals surface area contributed by atoms with E-state index in [9.17, 15) is 9.90 Å². The van der Waals surface area contributed by atoms with Gasteiger partial charge in [-0.15, -0.1) is 6.58 Å². The summed E-state index contributed by atoms with van der Waals surface area (Å²) in [6.07, 6.45) is 0.485. The quantitative estimate of drug-likeness (QED) is 0.578. The van der Waals surface area contributed by atoms with Gasteiger partial charge in [0, 0.05) is 0 Å². The number of carbonyl (C=O) groups excluding carboxylic acids is 1. The molecule has 1 amide bonds. The highest BCUT2D eigenvalue weighted by atomic mass is 28.4. The Hall–Kier alpha value is -0.853. The van der Waals surface area contributed by atoms with Crippen LogP contribution < -0.4 is 5.32 Å². The number of hydrogen-bond acceptors (Lipinski definition) is 4. The number of hydrogen-bond donors (Lipinski definition) is 2. The molecule has 0 aromatic rings. The molecule has 2 N–H and O–H groups in total. The Labute approximate surface area is 136 Å². The fourth-order valence-electron chi connectivity index (χ4n) is 1.53. The van der Waals surface area contributed by atoms with Gasteiger partial charge in [-0.3, -0.25) is 0 Å². The van der Waals surface area contributed by atoms with Crippen molar-refractivity contribution < 1.29 is 19.1 Å². The maximum Gasteiger partial charge on any atom is 0.408 e. The van der Waals surface area contributed by atoms with E-state index in [0.29, 0.717) is 0 Å². The van der Waals surface area contributed by atoms with Gasteiger partial charge in [0.15, 0.2) is 8.32 Å². The van der Waals surface area contributed by atoms with Gasteiger partial charge in [0.2, 0.25) is 0 Å². The second-order valence-electron chi connectivity index (χ2n) is 8.01. The van der Waals surface area contributed by atoms with Crippen molar-refractivity contribution in [3.63, 3.8) is 0 Å². The van der Waals surface area contributed by atoms with E-state index >= 15 is 0 Å². The first-order valence-electron chi connectivity index (χ1n) is 7.64. The van der Waals surface area contributed by atoms with E-state index in [0.717, 1.165) is 0 Å². The molecular formula is C16H33NO4Si. The molecule has 0 aromatic heterocycles. The van der Waals surface area contributed by atoms with E-state index in [4.69, 9.17) is 9.16 Å². The molecule has 0 fully saturated rings. The zero-order valence-corrected chi connectivity index (χ0v) is 16.3. The third-order valence-electron chi connectivity index (χ3n) is 3.77. The van der Waals surface area contributed by atoms with E-state index in [1.165, 1.54) is 0 Å². The van der Waals surface area contributed by atoms with Gasteiger partial charge in [-0.2, -0.15) is 0 Å². The zero-order valence-electron chi connectivity index (χ0n) is 15.3. The van der Waals surface area contributed by atoms with Crippen LogP contribution >= 0.6 is 0 Å². The first kappa shape index (κ1) is 21.1. The number of aliphatic hydroxyl groups is 1. The van der Waals surface area contributed by atoms with Crippen molar-refractivity contribution in [2.75, 3.05) is 6.61 Å². The van der Waals surface area contributed by atoms with Gasteiger partial charge < -0.3 is 19.6 Å². The molecule has 0 bridgehead atoms. The third kappa shape index (κ3) is 6.94. The highest BCUT2D eigenvalue weighted by Gasteiger charge is 2.40. The van der Waals surface area contributed by atoms with Crippen LogP contribution in [0.15, 0.2) is 12.7 Å². The number of carbonyl (C=O) groups is 1. The van der Waals surface area contributed by atoms with Crippen LogP contribution in [0, 0.1) is 0 Å². The second-order valence-corrected chi connectivity index (χ2v) is 12.8. The summed E-state index contributed by atoms with van der Waals surface area (Å²) in [5.74, 6) is 0. The second kappa shape index (κ2) is 7.61. The minimum atomic E-state index is -2.07. The van der Waals surface area contributed by atoms with Crippen LogP contribution in [-0.2, 0) is 9.16 Å². The van der Waals surface area contributed by atoms with Gasteiger partial charge in [0.05, 0.1) is 18.8 Å². The predicted molar refractivity (Wildman–Crippen MR) is 92.5 cm³/mol. The van der Waals surface area contributed by atoms with E-state index < -0.39 is 32.2 Å². The Morgan fingerprint density at radius 3 is 2.09 bits per heavy atom. The molecule has 5 nitrogen and oxygen atoms in total. The Bertz CT molecular complexity index is 383. The van der Waals surface area contributed by atoms with Crippen molar-refractivity contribution in [2.24, 2.45) is 0 Å². The number of ether oxygens (including phenoxy) is 1. The lowest BCUT2D eigenvalue weighted by molar-refractivity contribution is 0.0404. The fraction of sp³-hybridized carbons (Fsp3) is 0.812. The topological polar surface area (TPSA) is 67.8 Å². The van der Waals surface area contributed by atoms with E-state index in [2.05, 4.69) is 45.8 Å². The van der Waals surface area contributed by atoms with Crippen molar-refractivity contribution in [1.82, 2.24) is 5.32 Å². The molecule has 0 rings (SSSR count). The van der Waals surface area contributed by atoms with Crippen LogP contribution in [0.1, 0.15) is 41.5 Å². The monoisotopic (exact) mass is 331 g/mol. The minimum Gasteiger partial charge on any atom is -0.444 e. The number of aliphatic hydroxyl groups excluding tert-OH is 1. The molecule has 0 unspecified atom stereocenters. The van der Waals surface area contributed by atoms with Gasteiger partial charge in [-0.05, 0) is 38.9 Å². The summed E-state index contributed by atoms with van der Waals surface area (Å²) >= 11 is 0. The molecule has 22 heavy (non-hydrogen) atoms. The Morgan fingerprint density at radius 2 is 1.77 bits per heavy atom. The maximum atomic E-state index is 11.9. The molecule has 0 spiro atoms. The summed E-state index contributed by atoms with van der Waals surface area (Å²) in [6.45, 7) is 19.5. The SMILES string of the molecule is C=C[C@H](NC(=O)OC(C)(C)C)[C@H](CO)O[Si](C)(C)C(C)(C)C. The fourth-order valence-corrected chi connectivity index (χ4v) is 2.86. The van der Waals surface area contributed by atoms with Crippen LogP contribution in [0.2, 0.25) is 18.1 Å². The van der Waals surface area contributed by atoms with Crippen molar-refractivity contribution in [2.45, 2.75) is 77.4 Å². The van der Waals surface area contributed by atoms with Crippen molar-refractivity contribution in [1.29, 1.82) is 0 Å². The number of alkyl carbamates (subject to hydrolysis) is 1. The molecule has 0 aliphatic carbocycles. The minimum absolute atomic E-state index is 0.0120. The van der Waals surface area contributed by atoms with E-state index in [1.54, 1.807) is 26.8 Å². The lowest BCUT2D eigenvalue weighted by Gasteiger charge is -2.40. The molecule has 2 atom stereocenters. The van der Waals surface area contributed by atoms with Crippen molar-refractivity contribution >= 4 is 14.4 Å². The highest BCUT2D eigenvalue weighted by molar-refractivity contribution is 6.74. The zero-order chi connectivity index (χ0) is 17.8. The molecule has 0 aliphatic rings. The number of rotatable bonds is 6. The normalized spacial score (nSPS) is 15.9. The molecule has 0 heterocycles. The Morgan fingerprint density at radius 1 is 1.27 bits per heavy atom. The van der Waals surface area contributed by atoms with Gasteiger partial charge in [0.25, 0.3) is 0 Å². The molecule has 0 aromatic carbocycles. The Kier molecular flexibility index (Phi) is 7.32. The molecule has 0 saturated heterocycles. The summed E-state index contributed by atoms with van der Waals surface area (Å²) in [5.41, 5.74) is -0.579. The van der Waals surface area contributed by atoms with Crippen LogP contribution in [0.5, 0.6) is 0 Å². The maximum absolute atomic E-state index is 11.9. The summed E-state index contributed by atoms with van der Waals surface area (Å²) in [4.78, 5) is 11.9. The lowest BCUT2D eigenvalue weighted by Crippen LogP contribution is -2.53. The van der Waals surface area contributed by atoms with Crippen LogP contribution in [0.3, 0.4) is 0 Å². The molecule has 130 valence electrons. The first-order valence-corrected chi connectivity index (χ1v) is 10.5. The molecular weight excluding hydrogens is 298 g/mol. The van der Waals surface area contributed by atoms with Gasteiger partial charge in [-0.25, -0.2) is 4.79 Å². The molecule has 0 saturated carbocycles. The Balaban J connectivity index is 4.96. The van der Waals surface area contributed by atoms with E-state index in [-0.39, 0.29) is 11.6 Å². The average Bonchev–Trinajstić information content (AvgIpc) is 2.29. The highest BCUT2D eigenvalue weighted by Crippen LogP contribution is 2.37. The third-order valence-corrected chi connectivity index (χ3v) is 8.27. The number of amides is 1. The van der Waals surface area contributed by atoms with Crippen LogP contribution in [-0.4, -0.2) is 43.9 Å². The van der Waals surface area contributed by atoms with Crippen molar-refractivity contribution in [3.8, 4) is 0 Å². The standard InChI is InChI=1S/C16H33NO4Si/c1-10-12(17-14(19)20-15(2,3)4)13(11-18)21-22(8,9)16(5,6)7/h10,12-13,18H,1,11H2,2-9H3,(H,17,19)/t12-,13-/m0/s1. The summed E-state index contributed by atoms with van der Waals surface area (Å²) in [7, 11) is -2.07. The molecule has 6 heteroatoms. The summed E-state index contributed by atoms with van der Waals surface area (Å²) in [5, 5.41) is 12.4. The van der Waals surface area contributed by atoms with Crippen LogP contribution in [0.4, 0.5) is 4.79 Å². The van der Waals surface area contributed by atoms with Gasteiger partial charge >= 0.3 is 6.09 Å². The lowest BCUT2D eigenvalue weighted by atomic mass is 10.1. The summed E-state index contributed by atoms with van der Waals surface area (Å²) < 4.78 is 11.4. The number of nitrogens with one attached hydrogen (secondary N) is 1. The molecule has 0 aliphatic heterocycles. The van der Waals surface area contributed by atoms with E-state index in [1.807, 2.05) is 0 Å². The summed E-state index contributed by atoms with van der Waals surface area (Å²) in [6, 6.07) is -0.506. The van der Waals surface area contributed by atoms with Gasteiger partial charge in [0.1, 0.15) is 5.60 Å². The van der Waals surface area contributed by atoms with Gasteiger partial charge in [-0.1, -0.05) is 26.8 Å². The smallest absolute Gasteiger partial charge is 0.408 e.